The van der Waals surface area contributed by atoms with E-state index in [0.29, 0.717) is 17.0 Å². The van der Waals surface area contributed by atoms with Gasteiger partial charge in [0.25, 0.3) is 5.56 Å². The summed E-state index contributed by atoms with van der Waals surface area (Å²) in [6, 6.07) is 9.61. The zero-order valence-electron chi connectivity index (χ0n) is 14.1. The van der Waals surface area contributed by atoms with Gasteiger partial charge < -0.3 is 9.40 Å². The summed E-state index contributed by atoms with van der Waals surface area (Å²) in [5.41, 5.74) is 1.76. The molecule has 0 saturated heterocycles. The number of H-pyrrole nitrogens is 1. The fourth-order valence-electron chi connectivity index (χ4n) is 2.74. The fraction of sp³-hybridized carbons (Fsp3) is 0.211. The SMILES string of the molecule is CC(SCCc1ccccn1)c1nc2scc(-c3ccco3)c2c(=O)[nH]1. The van der Waals surface area contributed by atoms with Crippen molar-refractivity contribution < 1.29 is 4.42 Å². The first-order valence-corrected chi connectivity index (χ1v) is 10.2. The zero-order valence-corrected chi connectivity index (χ0v) is 15.8. The number of aryl methyl sites for hydroxylation is 1. The molecule has 0 saturated carbocycles. The van der Waals surface area contributed by atoms with E-state index in [1.54, 1.807) is 18.0 Å². The smallest absolute Gasteiger partial charge is 0.260 e. The zero-order chi connectivity index (χ0) is 17.9. The Hall–Kier alpha value is -2.38. The summed E-state index contributed by atoms with van der Waals surface area (Å²) in [6.45, 7) is 2.06. The Labute approximate surface area is 158 Å². The number of hydrogen-bond donors (Lipinski definition) is 1. The molecule has 4 heterocycles. The molecule has 0 aliphatic carbocycles. The molecule has 132 valence electrons. The standard InChI is InChI=1S/C19H17N3O2S2/c1-12(25-10-7-13-5-2-3-8-20-13)17-21-18(23)16-14(11-26-19(16)22-17)15-6-4-9-24-15/h2-6,8-9,11-12H,7,10H2,1H3,(H,21,22,23). The van der Waals surface area contributed by atoms with Gasteiger partial charge in [-0.15, -0.1) is 11.3 Å². The average Bonchev–Trinajstić information content (AvgIpc) is 3.32. The van der Waals surface area contributed by atoms with Crippen molar-refractivity contribution in [1.29, 1.82) is 0 Å². The highest BCUT2D eigenvalue weighted by atomic mass is 32.2. The first kappa shape index (κ1) is 17.1. The number of furan rings is 1. The van der Waals surface area contributed by atoms with Crippen LogP contribution in [0.15, 0.2) is 57.4 Å². The van der Waals surface area contributed by atoms with E-state index in [1.807, 2.05) is 41.9 Å². The molecule has 0 aliphatic rings. The summed E-state index contributed by atoms with van der Waals surface area (Å²) in [4.78, 5) is 25.3. The molecule has 1 atom stereocenters. The number of thioether (sulfide) groups is 1. The quantitative estimate of drug-likeness (QED) is 0.523. The molecule has 5 nitrogen and oxygen atoms in total. The minimum absolute atomic E-state index is 0.102. The van der Waals surface area contributed by atoms with Crippen molar-refractivity contribution in [3.05, 3.63) is 70.0 Å². The molecule has 0 spiro atoms. The van der Waals surface area contributed by atoms with Gasteiger partial charge in [0, 0.05) is 22.8 Å². The second-order valence-corrected chi connectivity index (χ2v) is 8.15. The lowest BCUT2D eigenvalue weighted by atomic mass is 10.2. The van der Waals surface area contributed by atoms with E-state index in [-0.39, 0.29) is 10.8 Å². The summed E-state index contributed by atoms with van der Waals surface area (Å²) < 4.78 is 5.43. The number of aromatic amines is 1. The van der Waals surface area contributed by atoms with Crippen LogP contribution in [0.3, 0.4) is 0 Å². The normalized spacial score (nSPS) is 12.5. The van der Waals surface area contributed by atoms with Crippen LogP contribution in [-0.2, 0) is 6.42 Å². The van der Waals surface area contributed by atoms with Crippen LogP contribution in [0.1, 0.15) is 23.7 Å². The molecule has 1 unspecified atom stereocenters. The lowest BCUT2D eigenvalue weighted by molar-refractivity contribution is 0.583. The van der Waals surface area contributed by atoms with E-state index < -0.39 is 0 Å². The van der Waals surface area contributed by atoms with E-state index in [4.69, 9.17) is 4.42 Å². The van der Waals surface area contributed by atoms with E-state index in [2.05, 4.69) is 21.9 Å². The number of pyridine rings is 1. The second-order valence-electron chi connectivity index (χ2n) is 5.84. The average molecular weight is 383 g/mol. The third-order valence-electron chi connectivity index (χ3n) is 4.09. The number of fused-ring (bicyclic) bond motifs is 1. The van der Waals surface area contributed by atoms with Crippen molar-refractivity contribution in [2.45, 2.75) is 18.6 Å². The minimum Gasteiger partial charge on any atom is -0.464 e. The van der Waals surface area contributed by atoms with Crippen LogP contribution in [0.25, 0.3) is 21.5 Å². The third-order valence-corrected chi connectivity index (χ3v) is 6.12. The van der Waals surface area contributed by atoms with Crippen molar-refractivity contribution in [3.8, 4) is 11.3 Å². The molecule has 26 heavy (non-hydrogen) atoms. The summed E-state index contributed by atoms with van der Waals surface area (Å²) in [7, 11) is 0. The van der Waals surface area contributed by atoms with Gasteiger partial charge in [-0.1, -0.05) is 6.07 Å². The Morgan fingerprint density at radius 1 is 1.31 bits per heavy atom. The maximum Gasteiger partial charge on any atom is 0.260 e. The topological polar surface area (TPSA) is 71.8 Å². The largest absolute Gasteiger partial charge is 0.464 e. The first-order chi connectivity index (χ1) is 12.7. The Morgan fingerprint density at radius 3 is 3.00 bits per heavy atom. The van der Waals surface area contributed by atoms with Gasteiger partial charge in [0.2, 0.25) is 0 Å². The van der Waals surface area contributed by atoms with Crippen LogP contribution in [0.5, 0.6) is 0 Å². The van der Waals surface area contributed by atoms with Gasteiger partial charge in [-0.2, -0.15) is 11.8 Å². The number of nitrogens with one attached hydrogen (secondary N) is 1. The highest BCUT2D eigenvalue weighted by molar-refractivity contribution is 7.99. The summed E-state index contributed by atoms with van der Waals surface area (Å²) >= 11 is 3.23. The maximum absolute atomic E-state index is 12.6. The molecular weight excluding hydrogens is 366 g/mol. The molecule has 0 amide bonds. The monoisotopic (exact) mass is 383 g/mol. The number of rotatable bonds is 6. The Kier molecular flexibility index (Phi) is 4.90. The molecule has 0 radical (unpaired) electrons. The fourth-order valence-corrected chi connectivity index (χ4v) is 4.62. The molecule has 7 heteroatoms. The lowest BCUT2D eigenvalue weighted by Crippen LogP contribution is -2.12. The van der Waals surface area contributed by atoms with Crippen molar-refractivity contribution in [3.63, 3.8) is 0 Å². The van der Waals surface area contributed by atoms with Gasteiger partial charge >= 0.3 is 0 Å². The third kappa shape index (κ3) is 3.45. The molecule has 4 aromatic rings. The van der Waals surface area contributed by atoms with E-state index in [1.165, 1.54) is 11.3 Å². The van der Waals surface area contributed by atoms with E-state index in [9.17, 15) is 4.79 Å². The predicted octanol–water partition coefficient (Wildman–Crippen LogP) is 4.68. The summed E-state index contributed by atoms with van der Waals surface area (Å²) in [6.07, 6.45) is 4.31. The number of aromatic nitrogens is 3. The Bertz CT molecular complexity index is 1060. The van der Waals surface area contributed by atoms with Crippen LogP contribution in [-0.4, -0.2) is 20.7 Å². The van der Waals surface area contributed by atoms with Gasteiger partial charge in [0.15, 0.2) is 0 Å². The number of hydrogen-bond acceptors (Lipinski definition) is 6. The molecule has 4 rings (SSSR count). The van der Waals surface area contributed by atoms with Gasteiger partial charge in [0.05, 0.1) is 16.9 Å². The Morgan fingerprint density at radius 2 is 2.23 bits per heavy atom. The predicted molar refractivity (Wildman–Crippen MR) is 107 cm³/mol. The number of thiophene rings is 1. The molecular formula is C19H17N3O2S2. The van der Waals surface area contributed by atoms with Gasteiger partial charge in [-0.25, -0.2) is 4.98 Å². The van der Waals surface area contributed by atoms with Crippen LogP contribution in [0.2, 0.25) is 0 Å². The van der Waals surface area contributed by atoms with Crippen LogP contribution >= 0.6 is 23.1 Å². The van der Waals surface area contributed by atoms with Gasteiger partial charge in [0.1, 0.15) is 16.4 Å². The molecule has 0 aliphatic heterocycles. The molecule has 1 N–H and O–H groups in total. The molecule has 4 aromatic heterocycles. The van der Waals surface area contributed by atoms with E-state index >= 15 is 0 Å². The highest BCUT2D eigenvalue weighted by Gasteiger charge is 2.17. The van der Waals surface area contributed by atoms with Crippen LogP contribution < -0.4 is 5.56 Å². The van der Waals surface area contributed by atoms with Crippen LogP contribution in [0.4, 0.5) is 0 Å². The Balaban J connectivity index is 1.53. The van der Waals surface area contributed by atoms with Crippen molar-refractivity contribution >= 4 is 33.3 Å². The summed E-state index contributed by atoms with van der Waals surface area (Å²) in [5.74, 6) is 2.32. The molecule has 0 bridgehead atoms. The van der Waals surface area contributed by atoms with E-state index in [0.717, 1.165) is 28.3 Å². The molecule has 0 aromatic carbocycles. The maximum atomic E-state index is 12.6. The van der Waals surface area contributed by atoms with Crippen molar-refractivity contribution in [2.24, 2.45) is 0 Å². The summed E-state index contributed by atoms with van der Waals surface area (Å²) in [5, 5.41) is 2.62. The van der Waals surface area contributed by atoms with Crippen LogP contribution in [0, 0.1) is 0 Å². The van der Waals surface area contributed by atoms with Gasteiger partial charge in [-0.05, 0) is 43.4 Å². The van der Waals surface area contributed by atoms with Crippen molar-refractivity contribution in [1.82, 2.24) is 15.0 Å². The minimum atomic E-state index is -0.116. The highest BCUT2D eigenvalue weighted by Crippen LogP contribution is 2.33. The molecule has 0 fully saturated rings. The number of nitrogens with zero attached hydrogens (tertiary/aromatic N) is 2. The lowest BCUT2D eigenvalue weighted by Gasteiger charge is -2.10. The van der Waals surface area contributed by atoms with Crippen molar-refractivity contribution in [2.75, 3.05) is 5.75 Å². The van der Waals surface area contributed by atoms with Gasteiger partial charge in [-0.3, -0.25) is 9.78 Å². The first-order valence-electron chi connectivity index (χ1n) is 8.29. The second kappa shape index (κ2) is 7.47.